The van der Waals surface area contributed by atoms with E-state index in [2.05, 4.69) is 26.0 Å². The van der Waals surface area contributed by atoms with Crippen molar-refractivity contribution in [1.82, 2.24) is 10.0 Å². The van der Waals surface area contributed by atoms with Gasteiger partial charge in [0.05, 0.1) is 0 Å². The molecule has 1 amide bonds. The summed E-state index contributed by atoms with van der Waals surface area (Å²) in [5, 5.41) is 4.37. The van der Waals surface area contributed by atoms with E-state index in [0.717, 1.165) is 17.8 Å². The first-order chi connectivity index (χ1) is 8.47. The minimum absolute atomic E-state index is 0.0994. The van der Waals surface area contributed by atoms with Gasteiger partial charge < -0.3 is 5.32 Å². The molecule has 0 saturated carbocycles. The van der Waals surface area contributed by atoms with E-state index in [0.29, 0.717) is 11.0 Å². The molecule has 5 nitrogen and oxygen atoms in total. The highest BCUT2D eigenvalue weighted by Crippen LogP contribution is 2.27. The van der Waals surface area contributed by atoms with Gasteiger partial charge in [0, 0.05) is 24.0 Å². The molecule has 0 saturated heterocycles. The molecule has 1 rings (SSSR count). The molecule has 1 aromatic heterocycles. The van der Waals surface area contributed by atoms with Crippen LogP contribution in [-0.2, 0) is 14.8 Å². The summed E-state index contributed by atoms with van der Waals surface area (Å²) in [7, 11) is -3.52. The Hall–Kier alpha value is -0.440. The predicted molar refractivity (Wildman–Crippen MR) is 75.1 cm³/mol. The van der Waals surface area contributed by atoms with Gasteiger partial charge in [-0.2, -0.15) is 0 Å². The summed E-state index contributed by atoms with van der Waals surface area (Å²) in [6.45, 7) is 2.67. The third kappa shape index (κ3) is 4.68. The molecule has 0 atom stereocenters. The zero-order valence-electron chi connectivity index (χ0n) is 9.90. The summed E-state index contributed by atoms with van der Waals surface area (Å²) in [6, 6.07) is 1.67. The monoisotopic (exact) mass is 354 g/mol. The summed E-state index contributed by atoms with van der Waals surface area (Å²) in [5.41, 5.74) is 0. The molecular formula is C10H15BrN2O3S2. The lowest BCUT2D eigenvalue weighted by molar-refractivity contribution is -0.120. The second kappa shape index (κ2) is 7.22. The summed E-state index contributed by atoms with van der Waals surface area (Å²) in [5.74, 6) is -0.148. The molecule has 0 spiro atoms. The molecule has 1 heterocycles. The van der Waals surface area contributed by atoms with Crippen LogP contribution in [0.5, 0.6) is 0 Å². The van der Waals surface area contributed by atoms with Gasteiger partial charge in [0.1, 0.15) is 4.21 Å². The lowest BCUT2D eigenvalue weighted by Gasteiger charge is -2.06. The van der Waals surface area contributed by atoms with E-state index in [1.165, 1.54) is 0 Å². The maximum absolute atomic E-state index is 11.8. The molecule has 2 N–H and O–H groups in total. The van der Waals surface area contributed by atoms with E-state index in [4.69, 9.17) is 0 Å². The fraction of sp³-hybridized carbons (Fsp3) is 0.500. The Balaban J connectivity index is 2.44. The first kappa shape index (κ1) is 15.6. The molecule has 0 unspecified atom stereocenters. The number of carbonyl (C=O) groups is 1. The van der Waals surface area contributed by atoms with E-state index in [1.54, 1.807) is 11.4 Å². The summed E-state index contributed by atoms with van der Waals surface area (Å²) in [6.07, 6.45) is 1.00. The number of rotatable bonds is 7. The van der Waals surface area contributed by atoms with Gasteiger partial charge in [-0.1, -0.05) is 6.92 Å². The van der Waals surface area contributed by atoms with Gasteiger partial charge in [-0.3, -0.25) is 4.79 Å². The minimum Gasteiger partial charge on any atom is -0.356 e. The van der Waals surface area contributed by atoms with Crippen molar-refractivity contribution in [2.24, 2.45) is 0 Å². The van der Waals surface area contributed by atoms with Crippen LogP contribution in [0, 0.1) is 0 Å². The molecule has 0 fully saturated rings. The van der Waals surface area contributed by atoms with Crippen LogP contribution in [0.4, 0.5) is 0 Å². The lowest BCUT2D eigenvalue weighted by Crippen LogP contribution is -2.30. The second-order valence-corrected chi connectivity index (χ2v) is 7.29. The summed E-state index contributed by atoms with van der Waals surface area (Å²) >= 11 is 4.30. The summed E-state index contributed by atoms with van der Waals surface area (Å²) < 4.78 is 26.9. The fourth-order valence-corrected chi connectivity index (χ4v) is 4.60. The van der Waals surface area contributed by atoms with Crippen molar-refractivity contribution in [1.29, 1.82) is 0 Å². The van der Waals surface area contributed by atoms with Crippen molar-refractivity contribution in [3.05, 3.63) is 15.9 Å². The molecule has 0 aliphatic rings. The van der Waals surface area contributed by atoms with Gasteiger partial charge in [0.25, 0.3) is 10.0 Å². The van der Waals surface area contributed by atoms with E-state index in [-0.39, 0.29) is 23.1 Å². The number of carbonyl (C=O) groups excluding carboxylic acids is 1. The topological polar surface area (TPSA) is 75.3 Å². The molecule has 0 aliphatic heterocycles. The van der Waals surface area contributed by atoms with Crippen LogP contribution in [0.2, 0.25) is 0 Å². The first-order valence-corrected chi connectivity index (χ1v) is 8.62. The Morgan fingerprint density at radius 2 is 2.17 bits per heavy atom. The first-order valence-electron chi connectivity index (χ1n) is 5.46. The van der Waals surface area contributed by atoms with Crippen LogP contribution in [-0.4, -0.2) is 27.4 Å². The van der Waals surface area contributed by atoms with Crippen LogP contribution in [0.15, 0.2) is 20.1 Å². The van der Waals surface area contributed by atoms with Crippen molar-refractivity contribution in [2.75, 3.05) is 13.1 Å². The number of halogens is 1. The SMILES string of the molecule is CCCNC(=O)CCNS(=O)(=O)c1sccc1Br. The van der Waals surface area contributed by atoms with Crippen LogP contribution >= 0.6 is 27.3 Å². The maximum atomic E-state index is 11.8. The lowest BCUT2D eigenvalue weighted by atomic mass is 10.4. The second-order valence-electron chi connectivity index (χ2n) is 3.55. The standard InChI is InChI=1S/C10H15BrN2O3S2/c1-2-5-12-9(14)3-6-13-18(15,16)10-8(11)4-7-17-10/h4,7,13H,2-3,5-6H2,1H3,(H,12,14). The predicted octanol–water partition coefficient (Wildman–Crippen LogP) is 1.71. The molecule has 18 heavy (non-hydrogen) atoms. The van der Waals surface area contributed by atoms with Gasteiger partial charge in [-0.25, -0.2) is 13.1 Å². The van der Waals surface area contributed by atoms with Crippen molar-refractivity contribution in [3.8, 4) is 0 Å². The Bertz CT molecular complexity index is 499. The van der Waals surface area contributed by atoms with Gasteiger partial charge in [0.15, 0.2) is 0 Å². The zero-order chi connectivity index (χ0) is 13.6. The number of sulfonamides is 1. The Morgan fingerprint density at radius 1 is 1.44 bits per heavy atom. The Labute approximate surface area is 119 Å². The zero-order valence-corrected chi connectivity index (χ0v) is 13.1. The molecular weight excluding hydrogens is 340 g/mol. The molecule has 8 heteroatoms. The van der Waals surface area contributed by atoms with Gasteiger partial charge in [-0.05, 0) is 33.8 Å². The van der Waals surface area contributed by atoms with Crippen LogP contribution in [0.25, 0.3) is 0 Å². The normalized spacial score (nSPS) is 11.4. The maximum Gasteiger partial charge on any atom is 0.251 e. The highest BCUT2D eigenvalue weighted by molar-refractivity contribution is 9.10. The minimum atomic E-state index is -3.52. The Morgan fingerprint density at radius 3 is 2.72 bits per heavy atom. The van der Waals surface area contributed by atoms with Crippen LogP contribution in [0.3, 0.4) is 0 Å². The third-order valence-electron chi connectivity index (χ3n) is 2.04. The average Bonchev–Trinajstić information content (AvgIpc) is 2.73. The van der Waals surface area contributed by atoms with Crippen molar-refractivity contribution < 1.29 is 13.2 Å². The van der Waals surface area contributed by atoms with E-state index < -0.39 is 10.0 Å². The third-order valence-corrected chi connectivity index (χ3v) is 6.18. The van der Waals surface area contributed by atoms with Crippen LogP contribution < -0.4 is 10.0 Å². The van der Waals surface area contributed by atoms with Crippen LogP contribution in [0.1, 0.15) is 19.8 Å². The van der Waals surface area contributed by atoms with Gasteiger partial charge in [0.2, 0.25) is 5.91 Å². The molecule has 0 aliphatic carbocycles. The number of hydrogen-bond donors (Lipinski definition) is 2. The molecule has 0 aromatic carbocycles. The van der Waals surface area contributed by atoms with Crippen molar-refractivity contribution >= 4 is 43.2 Å². The molecule has 0 bridgehead atoms. The largest absolute Gasteiger partial charge is 0.356 e. The highest BCUT2D eigenvalue weighted by atomic mass is 79.9. The average molecular weight is 355 g/mol. The molecule has 1 aromatic rings. The number of amides is 1. The fourth-order valence-electron chi connectivity index (χ4n) is 1.19. The van der Waals surface area contributed by atoms with E-state index >= 15 is 0 Å². The van der Waals surface area contributed by atoms with Crippen molar-refractivity contribution in [3.63, 3.8) is 0 Å². The number of nitrogens with one attached hydrogen (secondary N) is 2. The summed E-state index contributed by atoms with van der Waals surface area (Å²) in [4.78, 5) is 11.3. The number of thiophene rings is 1. The quantitative estimate of drug-likeness (QED) is 0.782. The Kier molecular flexibility index (Phi) is 6.27. The molecule has 0 radical (unpaired) electrons. The smallest absolute Gasteiger partial charge is 0.251 e. The molecule has 102 valence electrons. The van der Waals surface area contributed by atoms with Gasteiger partial charge >= 0.3 is 0 Å². The van der Waals surface area contributed by atoms with Gasteiger partial charge in [-0.15, -0.1) is 11.3 Å². The van der Waals surface area contributed by atoms with Crippen molar-refractivity contribution in [2.45, 2.75) is 24.0 Å². The highest BCUT2D eigenvalue weighted by Gasteiger charge is 2.18. The number of hydrogen-bond acceptors (Lipinski definition) is 4. The van der Waals surface area contributed by atoms with E-state index in [9.17, 15) is 13.2 Å². The van der Waals surface area contributed by atoms with E-state index in [1.807, 2.05) is 6.92 Å².